The van der Waals surface area contributed by atoms with Gasteiger partial charge in [-0.2, -0.15) is 9.50 Å². The minimum atomic E-state index is -0.137. The van der Waals surface area contributed by atoms with Crippen molar-refractivity contribution in [3.63, 3.8) is 0 Å². The third-order valence-electron chi connectivity index (χ3n) is 3.22. The normalized spacial score (nSPS) is 11.2. The van der Waals surface area contributed by atoms with Gasteiger partial charge in [-0.1, -0.05) is 32.0 Å². The molecule has 0 atom stereocenters. The molecule has 2 aromatic heterocycles. The van der Waals surface area contributed by atoms with Gasteiger partial charge in [-0.05, 0) is 18.1 Å². The van der Waals surface area contributed by atoms with Crippen LogP contribution in [0.5, 0.6) is 0 Å². The number of fused-ring (bicyclic) bond motifs is 1. The Hall–Kier alpha value is -2.63. The fourth-order valence-corrected chi connectivity index (χ4v) is 2.06. The molecule has 3 rings (SSSR count). The number of hydrogen-bond donors (Lipinski definition) is 2. The van der Waals surface area contributed by atoms with Crippen LogP contribution in [0.25, 0.3) is 5.78 Å². The number of H-pyrrole nitrogens is 1. The molecule has 0 fully saturated rings. The Bertz CT molecular complexity index is 804. The molecule has 0 spiro atoms. The van der Waals surface area contributed by atoms with Crippen LogP contribution in [0.1, 0.15) is 31.3 Å². The topological polar surface area (TPSA) is 75.1 Å². The molecule has 0 radical (unpaired) electrons. The Labute approximate surface area is 121 Å². The molecule has 0 aliphatic carbocycles. The highest BCUT2D eigenvalue weighted by molar-refractivity contribution is 5.42. The van der Waals surface area contributed by atoms with E-state index in [1.807, 2.05) is 44.2 Å². The lowest BCUT2D eigenvalue weighted by molar-refractivity contribution is 0.791. The van der Waals surface area contributed by atoms with E-state index in [0.29, 0.717) is 18.1 Å². The first-order chi connectivity index (χ1) is 10.1. The highest BCUT2D eigenvalue weighted by atomic mass is 16.1. The van der Waals surface area contributed by atoms with E-state index < -0.39 is 0 Å². The van der Waals surface area contributed by atoms with Crippen molar-refractivity contribution in [2.24, 2.45) is 0 Å². The van der Waals surface area contributed by atoms with E-state index in [4.69, 9.17) is 0 Å². The zero-order valence-corrected chi connectivity index (χ0v) is 12.0. The standard InChI is InChI=1S/C15H17N5O/c1-10(2)12-8-14(21)20-15(17-12)18-13(19-20)9-16-11-6-4-3-5-7-11/h3-8,10,16H,9H2,1-2H3,(H,17,18,19). The van der Waals surface area contributed by atoms with Crippen LogP contribution in [0.3, 0.4) is 0 Å². The number of anilines is 1. The van der Waals surface area contributed by atoms with Gasteiger partial charge in [-0.15, -0.1) is 0 Å². The van der Waals surface area contributed by atoms with Crippen molar-refractivity contribution in [2.75, 3.05) is 5.32 Å². The SMILES string of the molecule is CC(C)c1cc(=O)n2[nH]c(CNc3ccccc3)nc2n1. The van der Waals surface area contributed by atoms with Gasteiger partial charge in [0.05, 0.1) is 12.2 Å². The van der Waals surface area contributed by atoms with Gasteiger partial charge in [0.2, 0.25) is 0 Å². The summed E-state index contributed by atoms with van der Waals surface area (Å²) in [6.07, 6.45) is 0. The molecule has 0 bridgehead atoms. The number of nitrogens with one attached hydrogen (secondary N) is 2. The van der Waals surface area contributed by atoms with Crippen LogP contribution in [0.2, 0.25) is 0 Å². The van der Waals surface area contributed by atoms with Crippen molar-refractivity contribution in [3.8, 4) is 0 Å². The lowest BCUT2D eigenvalue weighted by atomic mass is 10.1. The molecule has 0 saturated heterocycles. The summed E-state index contributed by atoms with van der Waals surface area (Å²) in [7, 11) is 0. The van der Waals surface area contributed by atoms with Crippen molar-refractivity contribution < 1.29 is 0 Å². The number of nitrogens with zero attached hydrogens (tertiary/aromatic N) is 3. The first-order valence-corrected chi connectivity index (χ1v) is 6.91. The second kappa shape index (κ2) is 5.40. The summed E-state index contributed by atoms with van der Waals surface area (Å²) < 4.78 is 1.37. The van der Waals surface area contributed by atoms with Crippen LogP contribution in [0.4, 0.5) is 5.69 Å². The summed E-state index contributed by atoms with van der Waals surface area (Å²) in [5, 5.41) is 6.21. The molecule has 21 heavy (non-hydrogen) atoms. The van der Waals surface area contributed by atoms with Gasteiger partial charge >= 0.3 is 0 Å². The Kier molecular flexibility index (Phi) is 3.43. The number of hydrogen-bond acceptors (Lipinski definition) is 4. The number of benzene rings is 1. The van der Waals surface area contributed by atoms with E-state index in [-0.39, 0.29) is 11.5 Å². The first-order valence-electron chi connectivity index (χ1n) is 6.91. The van der Waals surface area contributed by atoms with Crippen molar-refractivity contribution in [1.82, 2.24) is 19.6 Å². The summed E-state index contributed by atoms with van der Waals surface area (Å²) in [5.41, 5.74) is 1.62. The molecule has 1 aromatic carbocycles. The third-order valence-corrected chi connectivity index (χ3v) is 3.22. The lowest BCUT2D eigenvalue weighted by Gasteiger charge is -2.02. The van der Waals surface area contributed by atoms with E-state index in [0.717, 1.165) is 11.4 Å². The van der Waals surface area contributed by atoms with Crippen LogP contribution in [0.15, 0.2) is 41.2 Å². The Morgan fingerprint density at radius 3 is 2.71 bits per heavy atom. The quantitative estimate of drug-likeness (QED) is 0.769. The van der Waals surface area contributed by atoms with Gasteiger partial charge in [-0.25, -0.2) is 4.98 Å². The summed E-state index contributed by atoms with van der Waals surface area (Å²) in [6.45, 7) is 4.51. The summed E-state index contributed by atoms with van der Waals surface area (Å²) in [4.78, 5) is 20.8. The van der Waals surface area contributed by atoms with Crippen LogP contribution in [-0.2, 0) is 6.54 Å². The number of aromatic amines is 1. The Balaban J connectivity index is 1.87. The second-order valence-electron chi connectivity index (χ2n) is 5.20. The molecule has 0 unspecified atom stereocenters. The van der Waals surface area contributed by atoms with Gasteiger partial charge in [0.1, 0.15) is 5.82 Å². The molecule has 6 nitrogen and oxygen atoms in total. The smallest absolute Gasteiger partial charge is 0.274 e. The van der Waals surface area contributed by atoms with E-state index in [1.54, 1.807) is 6.07 Å². The van der Waals surface area contributed by atoms with E-state index in [1.165, 1.54) is 4.52 Å². The predicted octanol–water partition coefficient (Wildman–Crippen LogP) is 2.15. The van der Waals surface area contributed by atoms with Gasteiger partial charge in [0.15, 0.2) is 0 Å². The maximum atomic E-state index is 12.0. The molecule has 108 valence electrons. The minimum absolute atomic E-state index is 0.137. The highest BCUT2D eigenvalue weighted by Crippen LogP contribution is 2.10. The number of para-hydroxylation sites is 1. The Morgan fingerprint density at radius 2 is 2.00 bits per heavy atom. The second-order valence-corrected chi connectivity index (χ2v) is 5.20. The molecular formula is C15H17N5O. The molecule has 2 N–H and O–H groups in total. The highest BCUT2D eigenvalue weighted by Gasteiger charge is 2.09. The molecule has 0 amide bonds. The molecule has 0 aliphatic rings. The average molecular weight is 283 g/mol. The van der Waals surface area contributed by atoms with Crippen LogP contribution < -0.4 is 10.9 Å². The molecule has 0 aliphatic heterocycles. The van der Waals surface area contributed by atoms with Crippen molar-refractivity contribution in [2.45, 2.75) is 26.3 Å². The monoisotopic (exact) mass is 283 g/mol. The number of rotatable bonds is 4. The summed E-state index contributed by atoms with van der Waals surface area (Å²) in [6, 6.07) is 11.4. The van der Waals surface area contributed by atoms with Crippen LogP contribution in [-0.4, -0.2) is 19.6 Å². The fraction of sp³-hybridized carbons (Fsp3) is 0.267. The van der Waals surface area contributed by atoms with Crippen molar-refractivity contribution in [3.05, 3.63) is 58.3 Å². The van der Waals surface area contributed by atoms with Gasteiger partial charge < -0.3 is 5.32 Å². The van der Waals surface area contributed by atoms with Gasteiger partial charge in [0, 0.05) is 11.8 Å². The molecular weight excluding hydrogens is 266 g/mol. The van der Waals surface area contributed by atoms with Crippen molar-refractivity contribution in [1.29, 1.82) is 0 Å². The van der Waals surface area contributed by atoms with E-state index in [9.17, 15) is 4.79 Å². The summed E-state index contributed by atoms with van der Waals surface area (Å²) in [5.74, 6) is 1.28. The zero-order valence-electron chi connectivity index (χ0n) is 12.0. The predicted molar refractivity (Wildman–Crippen MR) is 81.5 cm³/mol. The van der Waals surface area contributed by atoms with Crippen molar-refractivity contribution >= 4 is 11.5 Å². The fourth-order valence-electron chi connectivity index (χ4n) is 2.06. The molecule has 3 aromatic rings. The van der Waals surface area contributed by atoms with Crippen LogP contribution >= 0.6 is 0 Å². The largest absolute Gasteiger partial charge is 0.378 e. The molecule has 0 saturated carbocycles. The maximum absolute atomic E-state index is 12.0. The lowest BCUT2D eigenvalue weighted by Crippen LogP contribution is -2.16. The minimum Gasteiger partial charge on any atom is -0.378 e. The van der Waals surface area contributed by atoms with E-state index in [2.05, 4.69) is 20.4 Å². The third kappa shape index (κ3) is 2.79. The van der Waals surface area contributed by atoms with Crippen LogP contribution in [0, 0.1) is 0 Å². The summed E-state index contributed by atoms with van der Waals surface area (Å²) >= 11 is 0. The zero-order chi connectivity index (χ0) is 14.8. The first kappa shape index (κ1) is 13.4. The average Bonchev–Trinajstić information content (AvgIpc) is 2.90. The number of aromatic nitrogens is 4. The van der Waals surface area contributed by atoms with Gasteiger partial charge in [-0.3, -0.25) is 9.89 Å². The Morgan fingerprint density at radius 1 is 1.24 bits per heavy atom. The molecule has 2 heterocycles. The van der Waals surface area contributed by atoms with Gasteiger partial charge in [0.25, 0.3) is 11.3 Å². The molecule has 6 heteroatoms. The van der Waals surface area contributed by atoms with E-state index >= 15 is 0 Å². The maximum Gasteiger partial charge on any atom is 0.274 e.